The molecule has 2 aliphatic heterocycles. The number of rotatable bonds is 2. The molecule has 1 unspecified atom stereocenters. The normalized spacial score (nSPS) is 23.9. The van der Waals surface area contributed by atoms with Gasteiger partial charge in [0.25, 0.3) is 6.29 Å². The Morgan fingerprint density at radius 1 is 1.24 bits per heavy atom. The van der Waals surface area contributed by atoms with Gasteiger partial charge in [0.1, 0.15) is 0 Å². The average molecular weight is 234 g/mol. The molecule has 0 saturated carbocycles. The van der Waals surface area contributed by atoms with Crippen LogP contribution in [0.5, 0.6) is 11.5 Å². The first kappa shape index (κ1) is 10.9. The minimum atomic E-state index is -0.148. The minimum absolute atomic E-state index is 0.148. The van der Waals surface area contributed by atoms with Gasteiger partial charge in [0.15, 0.2) is 11.5 Å². The summed E-state index contributed by atoms with van der Waals surface area (Å²) >= 11 is 0. The SMILES string of the molecule is Cc1ccc2c(c1)OC(CN1CCNCC1)O2. The lowest BCUT2D eigenvalue weighted by Gasteiger charge is -2.28. The molecule has 2 heterocycles. The van der Waals surface area contributed by atoms with Crippen LogP contribution in [-0.4, -0.2) is 43.9 Å². The molecule has 4 nitrogen and oxygen atoms in total. The number of benzene rings is 1. The zero-order chi connectivity index (χ0) is 11.7. The van der Waals surface area contributed by atoms with E-state index in [-0.39, 0.29) is 6.29 Å². The number of hydrogen-bond acceptors (Lipinski definition) is 4. The van der Waals surface area contributed by atoms with Crippen molar-refractivity contribution < 1.29 is 9.47 Å². The van der Waals surface area contributed by atoms with Gasteiger partial charge in [-0.15, -0.1) is 0 Å². The van der Waals surface area contributed by atoms with Crippen LogP contribution in [-0.2, 0) is 0 Å². The number of fused-ring (bicyclic) bond motifs is 1. The molecule has 0 bridgehead atoms. The molecular formula is C13H18N2O2. The van der Waals surface area contributed by atoms with E-state index in [2.05, 4.69) is 23.2 Å². The highest BCUT2D eigenvalue weighted by molar-refractivity contribution is 5.44. The molecule has 92 valence electrons. The summed E-state index contributed by atoms with van der Waals surface area (Å²) in [7, 11) is 0. The molecule has 1 atom stereocenters. The van der Waals surface area contributed by atoms with E-state index >= 15 is 0 Å². The van der Waals surface area contributed by atoms with E-state index in [1.165, 1.54) is 5.56 Å². The highest BCUT2D eigenvalue weighted by atomic mass is 16.7. The number of hydrogen-bond donors (Lipinski definition) is 1. The Labute approximate surface area is 102 Å². The Hall–Kier alpha value is -1.26. The maximum atomic E-state index is 5.81. The fraction of sp³-hybridized carbons (Fsp3) is 0.538. The van der Waals surface area contributed by atoms with Crippen LogP contribution < -0.4 is 14.8 Å². The van der Waals surface area contributed by atoms with Crippen molar-refractivity contribution in [3.05, 3.63) is 23.8 Å². The van der Waals surface area contributed by atoms with Gasteiger partial charge in [-0.2, -0.15) is 0 Å². The highest BCUT2D eigenvalue weighted by Crippen LogP contribution is 2.35. The maximum Gasteiger partial charge on any atom is 0.254 e. The zero-order valence-electron chi connectivity index (χ0n) is 10.1. The smallest absolute Gasteiger partial charge is 0.254 e. The second kappa shape index (κ2) is 4.55. The van der Waals surface area contributed by atoms with Crippen LogP contribution in [0.1, 0.15) is 5.56 Å². The molecule has 3 rings (SSSR count). The van der Waals surface area contributed by atoms with Gasteiger partial charge in [0.05, 0.1) is 6.54 Å². The fourth-order valence-corrected chi connectivity index (χ4v) is 2.29. The van der Waals surface area contributed by atoms with Crippen LogP contribution in [0.4, 0.5) is 0 Å². The molecule has 1 saturated heterocycles. The van der Waals surface area contributed by atoms with Crippen LogP contribution in [0.15, 0.2) is 18.2 Å². The monoisotopic (exact) mass is 234 g/mol. The Kier molecular flexibility index (Phi) is 2.91. The van der Waals surface area contributed by atoms with E-state index in [1.807, 2.05) is 12.1 Å². The molecule has 1 aromatic rings. The molecule has 0 amide bonds. The van der Waals surface area contributed by atoms with Crippen molar-refractivity contribution in [2.24, 2.45) is 0 Å². The van der Waals surface area contributed by atoms with Crippen molar-refractivity contribution in [2.45, 2.75) is 13.2 Å². The predicted molar refractivity (Wildman–Crippen MR) is 65.5 cm³/mol. The quantitative estimate of drug-likeness (QED) is 0.827. The van der Waals surface area contributed by atoms with Gasteiger partial charge in [0, 0.05) is 26.2 Å². The number of piperazine rings is 1. The van der Waals surface area contributed by atoms with Gasteiger partial charge in [-0.05, 0) is 24.6 Å². The molecule has 1 fully saturated rings. The Morgan fingerprint density at radius 3 is 2.82 bits per heavy atom. The summed E-state index contributed by atoms with van der Waals surface area (Å²) in [6.07, 6.45) is -0.148. The molecule has 17 heavy (non-hydrogen) atoms. The van der Waals surface area contributed by atoms with E-state index in [0.717, 1.165) is 44.2 Å². The Morgan fingerprint density at radius 2 is 2.00 bits per heavy atom. The first-order valence-electron chi connectivity index (χ1n) is 6.18. The van der Waals surface area contributed by atoms with Crippen LogP contribution in [0.3, 0.4) is 0 Å². The minimum Gasteiger partial charge on any atom is -0.450 e. The topological polar surface area (TPSA) is 33.7 Å². The third-order valence-corrected chi connectivity index (χ3v) is 3.23. The van der Waals surface area contributed by atoms with Crippen LogP contribution in [0, 0.1) is 6.92 Å². The summed E-state index contributed by atoms with van der Waals surface area (Å²) in [5, 5.41) is 3.34. The van der Waals surface area contributed by atoms with Gasteiger partial charge < -0.3 is 14.8 Å². The van der Waals surface area contributed by atoms with E-state index in [1.54, 1.807) is 0 Å². The van der Waals surface area contributed by atoms with E-state index in [9.17, 15) is 0 Å². The average Bonchev–Trinajstić information content (AvgIpc) is 2.71. The molecular weight excluding hydrogens is 216 g/mol. The fourth-order valence-electron chi connectivity index (χ4n) is 2.29. The van der Waals surface area contributed by atoms with Gasteiger partial charge in [-0.1, -0.05) is 6.07 Å². The lowest BCUT2D eigenvalue weighted by Crippen LogP contribution is -2.47. The van der Waals surface area contributed by atoms with Crippen molar-refractivity contribution >= 4 is 0 Å². The summed E-state index contributed by atoms with van der Waals surface area (Å²) in [6.45, 7) is 7.15. The molecule has 1 N–H and O–H groups in total. The number of aryl methyl sites for hydroxylation is 1. The van der Waals surface area contributed by atoms with Gasteiger partial charge in [-0.3, -0.25) is 4.90 Å². The van der Waals surface area contributed by atoms with Crippen LogP contribution >= 0.6 is 0 Å². The van der Waals surface area contributed by atoms with E-state index in [0.29, 0.717) is 0 Å². The Bertz CT molecular complexity index is 402. The summed E-state index contributed by atoms with van der Waals surface area (Å²) < 4.78 is 11.6. The molecule has 1 aromatic carbocycles. The first-order valence-corrected chi connectivity index (χ1v) is 6.18. The second-order valence-corrected chi connectivity index (χ2v) is 4.67. The second-order valence-electron chi connectivity index (χ2n) is 4.67. The van der Waals surface area contributed by atoms with Crippen molar-refractivity contribution in [1.29, 1.82) is 0 Å². The lowest BCUT2D eigenvalue weighted by atomic mass is 10.2. The van der Waals surface area contributed by atoms with E-state index < -0.39 is 0 Å². The summed E-state index contributed by atoms with van der Waals surface area (Å²) in [4.78, 5) is 2.37. The summed E-state index contributed by atoms with van der Waals surface area (Å²) in [5.41, 5.74) is 1.20. The van der Waals surface area contributed by atoms with Gasteiger partial charge in [-0.25, -0.2) is 0 Å². The lowest BCUT2D eigenvalue weighted by molar-refractivity contribution is 0.0122. The summed E-state index contributed by atoms with van der Waals surface area (Å²) in [5.74, 6) is 1.75. The van der Waals surface area contributed by atoms with Crippen LogP contribution in [0.25, 0.3) is 0 Å². The molecule has 0 aromatic heterocycles. The van der Waals surface area contributed by atoms with Crippen molar-refractivity contribution in [2.75, 3.05) is 32.7 Å². The van der Waals surface area contributed by atoms with E-state index in [4.69, 9.17) is 9.47 Å². The standard InChI is InChI=1S/C13H18N2O2/c1-10-2-3-11-12(8-10)17-13(16-11)9-15-6-4-14-5-7-15/h2-3,8,13-14H,4-7,9H2,1H3. The van der Waals surface area contributed by atoms with Gasteiger partial charge in [0.2, 0.25) is 0 Å². The molecule has 0 spiro atoms. The molecule has 4 heteroatoms. The van der Waals surface area contributed by atoms with Crippen molar-refractivity contribution in [3.63, 3.8) is 0 Å². The maximum absolute atomic E-state index is 5.81. The first-order chi connectivity index (χ1) is 8.31. The molecule has 0 aliphatic carbocycles. The third-order valence-electron chi connectivity index (χ3n) is 3.23. The van der Waals surface area contributed by atoms with Crippen molar-refractivity contribution in [3.8, 4) is 11.5 Å². The molecule has 2 aliphatic rings. The third kappa shape index (κ3) is 2.37. The van der Waals surface area contributed by atoms with Crippen LogP contribution in [0.2, 0.25) is 0 Å². The molecule has 0 radical (unpaired) electrons. The Balaban J connectivity index is 1.61. The number of ether oxygens (including phenoxy) is 2. The number of nitrogens with one attached hydrogen (secondary N) is 1. The zero-order valence-corrected chi connectivity index (χ0v) is 10.1. The predicted octanol–water partition coefficient (Wildman–Crippen LogP) is 0.998. The largest absolute Gasteiger partial charge is 0.450 e. The van der Waals surface area contributed by atoms with Gasteiger partial charge >= 0.3 is 0 Å². The van der Waals surface area contributed by atoms with Crippen molar-refractivity contribution in [1.82, 2.24) is 10.2 Å². The summed E-state index contributed by atoms with van der Waals surface area (Å²) in [6, 6.07) is 6.07. The highest BCUT2D eigenvalue weighted by Gasteiger charge is 2.26. The number of nitrogens with zero attached hydrogens (tertiary/aromatic N) is 1.